The maximum Gasteiger partial charge on any atom is 0.187 e. The summed E-state index contributed by atoms with van der Waals surface area (Å²) in [7, 11) is 3.79. The van der Waals surface area contributed by atoms with Crippen molar-refractivity contribution >= 4 is 22.4 Å². The second-order valence-corrected chi connectivity index (χ2v) is 8.19. The minimum Gasteiger partial charge on any atom is -0.491 e. The van der Waals surface area contributed by atoms with Gasteiger partial charge in [0, 0.05) is 43.5 Å². The maximum atomic E-state index is 7.08. The van der Waals surface area contributed by atoms with Crippen molar-refractivity contribution in [2.75, 3.05) is 12.4 Å². The van der Waals surface area contributed by atoms with Crippen molar-refractivity contribution in [3.8, 4) is 17.0 Å². The van der Waals surface area contributed by atoms with E-state index in [0.29, 0.717) is 11.7 Å². The number of nitrogens with one attached hydrogen (secondary N) is 1. The largest absolute Gasteiger partial charge is 0.491 e. The van der Waals surface area contributed by atoms with Gasteiger partial charge in [0.05, 0.1) is 30.4 Å². The lowest BCUT2D eigenvalue weighted by molar-refractivity contribution is 0.131. The molecular weight excluding hydrogens is 402 g/mol. The zero-order valence-corrected chi connectivity index (χ0v) is 18.2. The van der Waals surface area contributed by atoms with Gasteiger partial charge in [-0.2, -0.15) is 10.2 Å². The van der Waals surface area contributed by atoms with Crippen LogP contribution in [0.1, 0.15) is 31.7 Å². The summed E-state index contributed by atoms with van der Waals surface area (Å²) in [5.74, 6) is 1.66. The molecule has 0 aliphatic heterocycles. The number of anilines is 1. The lowest BCUT2D eigenvalue weighted by atomic mass is 9.93. The van der Waals surface area contributed by atoms with Crippen molar-refractivity contribution in [3.63, 3.8) is 0 Å². The van der Waals surface area contributed by atoms with Crippen LogP contribution in [0.4, 0.5) is 11.5 Å². The molecule has 5 rings (SSSR count). The second-order valence-electron chi connectivity index (χ2n) is 8.19. The van der Waals surface area contributed by atoms with Crippen LogP contribution in [-0.2, 0) is 7.05 Å². The van der Waals surface area contributed by atoms with Gasteiger partial charge in [-0.3, -0.25) is 9.36 Å². The first-order valence-corrected chi connectivity index (χ1v) is 10.8. The SMILES string of the molecule is [C-]#[N+]c1ccc(OC2CCC(n3nc(-c4cnn(C)c4)c4cnc(NC)cc43)CC2)cc1. The van der Waals surface area contributed by atoms with Crippen LogP contribution in [0.25, 0.3) is 27.0 Å². The molecule has 3 aromatic heterocycles. The fraction of sp³-hybridized carbons (Fsp3) is 0.333. The molecule has 162 valence electrons. The topological polar surface area (TPSA) is 74.1 Å². The minimum atomic E-state index is 0.180. The molecule has 1 aromatic carbocycles. The van der Waals surface area contributed by atoms with Crippen LogP contribution in [0.3, 0.4) is 0 Å². The van der Waals surface area contributed by atoms with Crippen LogP contribution in [0.5, 0.6) is 5.75 Å². The summed E-state index contributed by atoms with van der Waals surface area (Å²) in [5.41, 5.74) is 3.63. The highest BCUT2D eigenvalue weighted by Gasteiger charge is 2.27. The molecule has 1 aliphatic rings. The van der Waals surface area contributed by atoms with Gasteiger partial charge in [-0.25, -0.2) is 9.83 Å². The molecular formula is C24H25N7O. The number of benzene rings is 1. The first-order chi connectivity index (χ1) is 15.6. The van der Waals surface area contributed by atoms with Gasteiger partial charge in [-0.05, 0) is 37.8 Å². The van der Waals surface area contributed by atoms with Gasteiger partial charge in [-0.1, -0.05) is 12.1 Å². The van der Waals surface area contributed by atoms with Crippen LogP contribution in [0, 0.1) is 6.57 Å². The summed E-state index contributed by atoms with van der Waals surface area (Å²) in [4.78, 5) is 7.95. The van der Waals surface area contributed by atoms with Gasteiger partial charge in [0.2, 0.25) is 0 Å². The Labute approximate surface area is 186 Å². The standard InChI is InChI=1S/C24H25N7O/c1-25-17-4-8-19(9-5-17)32-20-10-6-18(7-11-20)31-22-12-23(26-2)27-14-21(22)24(29-31)16-13-28-30(3)15-16/h4-5,8-9,12-15,18,20H,6-7,10-11H2,2-3H3,(H,26,27). The molecule has 0 unspecified atom stereocenters. The molecule has 8 nitrogen and oxygen atoms in total. The Morgan fingerprint density at radius 2 is 1.91 bits per heavy atom. The zero-order chi connectivity index (χ0) is 22.1. The van der Waals surface area contributed by atoms with Crippen LogP contribution < -0.4 is 10.1 Å². The number of aryl methyl sites for hydroxylation is 1. The molecule has 0 radical (unpaired) electrons. The quantitative estimate of drug-likeness (QED) is 0.454. The first-order valence-electron chi connectivity index (χ1n) is 10.8. The van der Waals surface area contributed by atoms with Gasteiger partial charge >= 0.3 is 0 Å². The Kier molecular flexibility index (Phi) is 5.23. The number of ether oxygens (including phenoxy) is 1. The van der Waals surface area contributed by atoms with Crippen molar-refractivity contribution < 1.29 is 4.74 Å². The number of hydrogen-bond donors (Lipinski definition) is 1. The van der Waals surface area contributed by atoms with Crippen LogP contribution in [-0.4, -0.2) is 37.7 Å². The first kappa shape index (κ1) is 20.1. The van der Waals surface area contributed by atoms with E-state index in [4.69, 9.17) is 16.4 Å². The molecule has 4 aromatic rings. The summed E-state index contributed by atoms with van der Waals surface area (Å²) < 4.78 is 10.1. The predicted molar refractivity (Wildman–Crippen MR) is 124 cm³/mol. The van der Waals surface area contributed by atoms with Crippen molar-refractivity contribution in [1.82, 2.24) is 24.5 Å². The number of rotatable bonds is 5. The molecule has 1 fully saturated rings. The van der Waals surface area contributed by atoms with E-state index in [-0.39, 0.29) is 6.10 Å². The Bertz CT molecular complexity index is 1270. The summed E-state index contributed by atoms with van der Waals surface area (Å²) in [5, 5.41) is 13.5. The Balaban J connectivity index is 1.38. The zero-order valence-electron chi connectivity index (χ0n) is 18.2. The third-order valence-corrected chi connectivity index (χ3v) is 6.08. The monoisotopic (exact) mass is 427 g/mol. The number of hydrogen-bond acceptors (Lipinski definition) is 5. The van der Waals surface area contributed by atoms with Crippen molar-refractivity contribution in [2.45, 2.75) is 37.8 Å². The normalized spacial score (nSPS) is 18.4. The van der Waals surface area contributed by atoms with E-state index in [9.17, 15) is 0 Å². The molecule has 32 heavy (non-hydrogen) atoms. The number of nitrogens with zero attached hydrogens (tertiary/aromatic N) is 6. The van der Waals surface area contributed by atoms with Gasteiger partial charge in [0.25, 0.3) is 0 Å². The van der Waals surface area contributed by atoms with E-state index >= 15 is 0 Å². The molecule has 0 amide bonds. The van der Waals surface area contributed by atoms with E-state index in [2.05, 4.69) is 31.0 Å². The van der Waals surface area contributed by atoms with Crippen LogP contribution in [0.15, 0.2) is 48.9 Å². The molecule has 1 N–H and O–H groups in total. The van der Waals surface area contributed by atoms with E-state index in [1.165, 1.54) is 0 Å². The summed E-state index contributed by atoms with van der Waals surface area (Å²) in [6.07, 6.45) is 9.82. The highest BCUT2D eigenvalue weighted by Crippen LogP contribution is 2.36. The molecule has 8 heteroatoms. The molecule has 1 aliphatic carbocycles. The Morgan fingerprint density at radius 1 is 1.12 bits per heavy atom. The van der Waals surface area contributed by atoms with Crippen molar-refractivity contribution in [1.29, 1.82) is 0 Å². The average molecular weight is 428 g/mol. The highest BCUT2D eigenvalue weighted by molar-refractivity contribution is 5.93. The molecule has 0 saturated heterocycles. The van der Waals surface area contributed by atoms with E-state index in [1.807, 2.05) is 44.8 Å². The van der Waals surface area contributed by atoms with Crippen molar-refractivity contribution in [2.24, 2.45) is 7.05 Å². The number of aromatic nitrogens is 5. The summed E-state index contributed by atoms with van der Waals surface area (Å²) >= 11 is 0. The minimum absolute atomic E-state index is 0.180. The average Bonchev–Trinajstić information content (AvgIpc) is 3.43. The Morgan fingerprint density at radius 3 is 2.56 bits per heavy atom. The van der Waals surface area contributed by atoms with Crippen molar-refractivity contribution in [3.05, 3.63) is 60.3 Å². The summed E-state index contributed by atoms with van der Waals surface area (Å²) in [6, 6.07) is 9.75. The van der Waals surface area contributed by atoms with E-state index in [1.54, 1.807) is 16.8 Å². The predicted octanol–water partition coefficient (Wildman–Crippen LogP) is 4.99. The number of fused-ring (bicyclic) bond motifs is 1. The van der Waals surface area contributed by atoms with Crippen LogP contribution >= 0.6 is 0 Å². The molecule has 0 atom stereocenters. The lowest BCUT2D eigenvalue weighted by Crippen LogP contribution is -2.26. The van der Waals surface area contributed by atoms with Gasteiger partial charge < -0.3 is 10.1 Å². The van der Waals surface area contributed by atoms with E-state index in [0.717, 1.165) is 59.4 Å². The molecule has 0 bridgehead atoms. The van der Waals surface area contributed by atoms with Gasteiger partial charge in [-0.15, -0.1) is 0 Å². The fourth-order valence-corrected chi connectivity index (χ4v) is 4.40. The summed E-state index contributed by atoms with van der Waals surface area (Å²) in [6.45, 7) is 7.08. The third kappa shape index (κ3) is 3.78. The van der Waals surface area contributed by atoms with Gasteiger partial charge in [0.1, 0.15) is 17.3 Å². The van der Waals surface area contributed by atoms with Gasteiger partial charge in [0.15, 0.2) is 5.69 Å². The van der Waals surface area contributed by atoms with Crippen LogP contribution in [0.2, 0.25) is 0 Å². The molecule has 3 heterocycles. The van der Waals surface area contributed by atoms with E-state index < -0.39 is 0 Å². The maximum absolute atomic E-state index is 7.08. The molecule has 0 spiro atoms. The Hall–Kier alpha value is -3.86. The second kappa shape index (κ2) is 8.35. The lowest BCUT2D eigenvalue weighted by Gasteiger charge is -2.29. The smallest absolute Gasteiger partial charge is 0.187 e. The fourth-order valence-electron chi connectivity index (χ4n) is 4.40. The molecule has 1 saturated carbocycles. The highest BCUT2D eigenvalue weighted by atomic mass is 16.5. The number of pyridine rings is 1. The third-order valence-electron chi connectivity index (χ3n) is 6.08.